The summed E-state index contributed by atoms with van der Waals surface area (Å²) in [5.74, 6) is 0.816. The molecule has 1 aromatic heterocycles. The number of nitro groups is 1. The quantitative estimate of drug-likeness (QED) is 0.644. The largest absolute Gasteiger partial charge is 0.368 e. The molecule has 1 aliphatic rings. The first-order valence-corrected chi connectivity index (χ1v) is 7.31. The Balaban J connectivity index is 1.69. The summed E-state index contributed by atoms with van der Waals surface area (Å²) in [5.41, 5.74) is 1.96. The standard InChI is InChI=1S/C16H18N4O2/c1-13-11-16(17-12-15(13)20(21)22)19-9-7-18(8-10-19)14-5-3-2-4-6-14/h2-6,11-12H,7-10H2,1H3. The summed E-state index contributed by atoms with van der Waals surface area (Å²) in [6.45, 7) is 5.31. The molecule has 6 nitrogen and oxygen atoms in total. The molecule has 1 fully saturated rings. The zero-order valence-electron chi connectivity index (χ0n) is 12.5. The van der Waals surface area contributed by atoms with Crippen molar-refractivity contribution >= 4 is 17.2 Å². The molecule has 22 heavy (non-hydrogen) atoms. The van der Waals surface area contributed by atoms with E-state index in [1.165, 1.54) is 11.9 Å². The van der Waals surface area contributed by atoms with Gasteiger partial charge in [-0.15, -0.1) is 0 Å². The van der Waals surface area contributed by atoms with Crippen molar-refractivity contribution < 1.29 is 4.92 Å². The number of pyridine rings is 1. The average molecular weight is 298 g/mol. The van der Waals surface area contributed by atoms with Crippen molar-refractivity contribution in [1.82, 2.24) is 4.98 Å². The smallest absolute Gasteiger partial charge is 0.290 e. The first-order valence-electron chi connectivity index (χ1n) is 7.31. The second-order valence-electron chi connectivity index (χ2n) is 5.40. The van der Waals surface area contributed by atoms with Gasteiger partial charge < -0.3 is 9.80 Å². The third kappa shape index (κ3) is 2.86. The Labute approximate surface area is 129 Å². The first kappa shape index (κ1) is 14.3. The zero-order chi connectivity index (χ0) is 15.5. The van der Waals surface area contributed by atoms with Crippen molar-refractivity contribution in [2.24, 2.45) is 0 Å². The molecule has 3 rings (SSSR count). The molecular weight excluding hydrogens is 280 g/mol. The van der Waals surface area contributed by atoms with Gasteiger partial charge >= 0.3 is 0 Å². The van der Waals surface area contributed by atoms with Crippen LogP contribution in [-0.2, 0) is 0 Å². The fourth-order valence-corrected chi connectivity index (χ4v) is 2.73. The van der Waals surface area contributed by atoms with E-state index < -0.39 is 0 Å². The molecule has 1 aliphatic heterocycles. The van der Waals surface area contributed by atoms with Gasteiger partial charge in [0.1, 0.15) is 12.0 Å². The molecule has 2 heterocycles. The van der Waals surface area contributed by atoms with E-state index >= 15 is 0 Å². The summed E-state index contributed by atoms with van der Waals surface area (Å²) in [6.07, 6.45) is 1.36. The summed E-state index contributed by atoms with van der Waals surface area (Å²) in [7, 11) is 0. The van der Waals surface area contributed by atoms with Crippen molar-refractivity contribution in [2.75, 3.05) is 36.0 Å². The molecular formula is C16H18N4O2. The second kappa shape index (κ2) is 6.01. The van der Waals surface area contributed by atoms with E-state index in [9.17, 15) is 10.1 Å². The average Bonchev–Trinajstić information content (AvgIpc) is 2.55. The minimum absolute atomic E-state index is 0.0756. The Hall–Kier alpha value is -2.63. The van der Waals surface area contributed by atoms with Gasteiger partial charge in [-0.05, 0) is 25.1 Å². The van der Waals surface area contributed by atoms with Crippen LogP contribution in [-0.4, -0.2) is 36.1 Å². The van der Waals surface area contributed by atoms with Gasteiger partial charge in [0.15, 0.2) is 0 Å². The highest BCUT2D eigenvalue weighted by Gasteiger charge is 2.20. The predicted molar refractivity (Wildman–Crippen MR) is 86.5 cm³/mol. The van der Waals surface area contributed by atoms with Crippen LogP contribution in [0.5, 0.6) is 0 Å². The second-order valence-corrected chi connectivity index (χ2v) is 5.40. The Morgan fingerprint density at radius 1 is 1.09 bits per heavy atom. The van der Waals surface area contributed by atoms with Gasteiger partial charge in [0.2, 0.25) is 0 Å². The summed E-state index contributed by atoms with van der Waals surface area (Å²) in [6, 6.07) is 12.1. The number of rotatable bonds is 3. The third-order valence-electron chi connectivity index (χ3n) is 3.99. The molecule has 0 N–H and O–H groups in total. The molecule has 2 aromatic rings. The van der Waals surface area contributed by atoms with Gasteiger partial charge in [0.05, 0.1) is 4.92 Å². The Kier molecular flexibility index (Phi) is 3.91. The van der Waals surface area contributed by atoms with Crippen molar-refractivity contribution in [3.05, 3.63) is 58.3 Å². The molecule has 6 heteroatoms. The fourth-order valence-electron chi connectivity index (χ4n) is 2.73. The van der Waals surface area contributed by atoms with E-state index in [1.807, 2.05) is 18.2 Å². The number of piperazine rings is 1. The van der Waals surface area contributed by atoms with Gasteiger partial charge in [-0.2, -0.15) is 0 Å². The number of para-hydroxylation sites is 1. The maximum Gasteiger partial charge on any atom is 0.290 e. The number of aromatic nitrogens is 1. The predicted octanol–water partition coefficient (Wildman–Crippen LogP) is 2.62. The first-order chi connectivity index (χ1) is 10.6. The summed E-state index contributed by atoms with van der Waals surface area (Å²) >= 11 is 0. The lowest BCUT2D eigenvalue weighted by Gasteiger charge is -2.36. The summed E-state index contributed by atoms with van der Waals surface area (Å²) in [5, 5.41) is 10.9. The topological polar surface area (TPSA) is 62.5 Å². The van der Waals surface area contributed by atoms with Gasteiger partial charge in [0.25, 0.3) is 5.69 Å². The lowest BCUT2D eigenvalue weighted by molar-refractivity contribution is -0.385. The van der Waals surface area contributed by atoms with Crippen molar-refractivity contribution in [2.45, 2.75) is 6.92 Å². The highest BCUT2D eigenvalue weighted by Crippen LogP contribution is 2.23. The van der Waals surface area contributed by atoms with E-state index in [0.29, 0.717) is 5.56 Å². The summed E-state index contributed by atoms with van der Waals surface area (Å²) < 4.78 is 0. The highest BCUT2D eigenvalue weighted by molar-refractivity contribution is 5.52. The lowest BCUT2D eigenvalue weighted by Crippen LogP contribution is -2.46. The number of hydrogen-bond donors (Lipinski definition) is 0. The normalized spacial score (nSPS) is 15.0. The molecule has 1 saturated heterocycles. The van der Waals surface area contributed by atoms with E-state index in [1.54, 1.807) is 13.0 Å². The Bertz CT molecular complexity index is 667. The monoisotopic (exact) mass is 298 g/mol. The van der Waals surface area contributed by atoms with Crippen LogP contribution in [0.15, 0.2) is 42.6 Å². The van der Waals surface area contributed by atoms with Crippen LogP contribution in [0.2, 0.25) is 0 Å². The van der Waals surface area contributed by atoms with E-state index in [4.69, 9.17) is 0 Å². The van der Waals surface area contributed by atoms with E-state index in [-0.39, 0.29) is 10.6 Å². The van der Waals surface area contributed by atoms with Gasteiger partial charge in [0, 0.05) is 37.4 Å². The molecule has 114 valence electrons. The van der Waals surface area contributed by atoms with Gasteiger partial charge in [-0.25, -0.2) is 4.98 Å². The van der Waals surface area contributed by atoms with Gasteiger partial charge in [-0.1, -0.05) is 18.2 Å². The minimum Gasteiger partial charge on any atom is -0.368 e. The molecule has 0 atom stereocenters. The Morgan fingerprint density at radius 3 is 2.32 bits per heavy atom. The number of benzene rings is 1. The van der Waals surface area contributed by atoms with Crippen LogP contribution < -0.4 is 9.80 Å². The van der Waals surface area contributed by atoms with Crippen molar-refractivity contribution in [3.8, 4) is 0 Å². The molecule has 0 radical (unpaired) electrons. The molecule has 0 saturated carbocycles. The molecule has 0 bridgehead atoms. The van der Waals surface area contributed by atoms with Crippen LogP contribution in [0.4, 0.5) is 17.2 Å². The number of nitrogens with zero attached hydrogens (tertiary/aromatic N) is 4. The third-order valence-corrected chi connectivity index (χ3v) is 3.99. The molecule has 1 aromatic carbocycles. The van der Waals surface area contributed by atoms with Crippen molar-refractivity contribution in [1.29, 1.82) is 0 Å². The Morgan fingerprint density at radius 2 is 1.73 bits per heavy atom. The highest BCUT2D eigenvalue weighted by atomic mass is 16.6. The maximum absolute atomic E-state index is 10.9. The maximum atomic E-state index is 10.9. The number of hydrogen-bond acceptors (Lipinski definition) is 5. The minimum atomic E-state index is -0.389. The molecule has 0 aliphatic carbocycles. The van der Waals surface area contributed by atoms with Crippen LogP contribution >= 0.6 is 0 Å². The van der Waals surface area contributed by atoms with Crippen LogP contribution in [0, 0.1) is 17.0 Å². The van der Waals surface area contributed by atoms with Crippen molar-refractivity contribution in [3.63, 3.8) is 0 Å². The van der Waals surface area contributed by atoms with E-state index in [0.717, 1.165) is 32.0 Å². The van der Waals surface area contributed by atoms with Crippen LogP contribution in [0.3, 0.4) is 0 Å². The number of aryl methyl sites for hydroxylation is 1. The van der Waals surface area contributed by atoms with E-state index in [2.05, 4.69) is 26.9 Å². The molecule has 0 amide bonds. The SMILES string of the molecule is Cc1cc(N2CCN(c3ccccc3)CC2)ncc1[N+](=O)[O-]. The lowest BCUT2D eigenvalue weighted by atomic mass is 10.2. The number of anilines is 2. The van der Waals surface area contributed by atoms with Crippen LogP contribution in [0.25, 0.3) is 0 Å². The van der Waals surface area contributed by atoms with Crippen LogP contribution in [0.1, 0.15) is 5.56 Å². The fraction of sp³-hybridized carbons (Fsp3) is 0.312. The zero-order valence-corrected chi connectivity index (χ0v) is 12.5. The molecule has 0 spiro atoms. The van der Waals surface area contributed by atoms with Gasteiger partial charge in [-0.3, -0.25) is 10.1 Å². The molecule has 0 unspecified atom stereocenters. The summed E-state index contributed by atoms with van der Waals surface area (Å²) in [4.78, 5) is 19.2.